The second kappa shape index (κ2) is 6.53. The molecule has 0 heterocycles. The maximum Gasteiger partial charge on any atom is 0.246 e. The average molecular weight is 334 g/mol. The fourth-order valence-electron chi connectivity index (χ4n) is 1.64. The second-order valence-electron chi connectivity index (χ2n) is 4.18. The van der Waals surface area contributed by atoms with Gasteiger partial charge in [0.15, 0.2) is 0 Å². The van der Waals surface area contributed by atoms with E-state index in [1.54, 1.807) is 6.92 Å². The summed E-state index contributed by atoms with van der Waals surface area (Å²) in [6.07, 6.45) is 5.61. The summed E-state index contributed by atoms with van der Waals surface area (Å²) in [6.45, 7) is 1.68. The Hall–Kier alpha value is -1.47. The molecular formula is C12H15FN2O4S2. The zero-order chi connectivity index (χ0) is 16.3. The van der Waals surface area contributed by atoms with Gasteiger partial charge in [-0.25, -0.2) is 26.4 Å². The van der Waals surface area contributed by atoms with Crippen LogP contribution in [0.4, 0.5) is 4.39 Å². The summed E-state index contributed by atoms with van der Waals surface area (Å²) >= 11 is 0. The number of rotatable bonds is 6. The molecule has 0 aliphatic heterocycles. The van der Waals surface area contributed by atoms with Crippen LogP contribution in [0.25, 0.3) is 0 Å². The monoisotopic (exact) mass is 334 g/mol. The fraction of sp³-hybridized carbons (Fsp3) is 0.333. The maximum absolute atomic E-state index is 13.9. The summed E-state index contributed by atoms with van der Waals surface area (Å²) in [5.74, 6) is 0.997. The number of hydrogen-bond donors (Lipinski definition) is 1. The van der Waals surface area contributed by atoms with Crippen molar-refractivity contribution in [1.29, 1.82) is 0 Å². The lowest BCUT2D eigenvalue weighted by Gasteiger charge is -2.19. The van der Waals surface area contributed by atoms with Crippen molar-refractivity contribution in [3.8, 4) is 12.3 Å². The van der Waals surface area contributed by atoms with E-state index in [1.165, 1.54) is 0 Å². The predicted octanol–water partition coefficient (Wildman–Crippen LogP) is 0.507. The summed E-state index contributed by atoms with van der Waals surface area (Å²) in [5, 5.41) is 4.86. The first-order chi connectivity index (χ1) is 9.64. The predicted molar refractivity (Wildman–Crippen MR) is 75.7 cm³/mol. The second-order valence-corrected chi connectivity index (χ2v) is 7.65. The molecule has 1 aromatic rings. The molecule has 0 spiro atoms. The molecule has 0 aliphatic rings. The highest BCUT2D eigenvalue weighted by molar-refractivity contribution is 7.89. The van der Waals surface area contributed by atoms with Crippen LogP contribution in [-0.2, 0) is 20.0 Å². The average Bonchev–Trinajstić information content (AvgIpc) is 2.37. The Morgan fingerprint density at radius 1 is 1.33 bits per heavy atom. The zero-order valence-electron chi connectivity index (χ0n) is 11.3. The van der Waals surface area contributed by atoms with E-state index >= 15 is 0 Å². The molecule has 1 rings (SSSR count). The topological polar surface area (TPSA) is 97.5 Å². The Balaban J connectivity index is 3.36. The summed E-state index contributed by atoms with van der Waals surface area (Å²) in [5.41, 5.74) is 0. The van der Waals surface area contributed by atoms with Crippen LogP contribution in [0, 0.1) is 18.2 Å². The molecule has 0 radical (unpaired) electrons. The summed E-state index contributed by atoms with van der Waals surface area (Å²) in [6, 6.07) is 2.37. The normalized spacial score (nSPS) is 12.3. The van der Waals surface area contributed by atoms with Gasteiger partial charge in [0, 0.05) is 6.54 Å². The number of nitrogens with zero attached hydrogens (tertiary/aromatic N) is 1. The van der Waals surface area contributed by atoms with E-state index in [2.05, 4.69) is 5.92 Å². The molecule has 0 saturated carbocycles. The van der Waals surface area contributed by atoms with Crippen LogP contribution in [0.5, 0.6) is 0 Å². The first kappa shape index (κ1) is 17.6. The smallest absolute Gasteiger partial charge is 0.225 e. The van der Waals surface area contributed by atoms with Gasteiger partial charge in [-0.1, -0.05) is 12.8 Å². The van der Waals surface area contributed by atoms with Crippen molar-refractivity contribution in [2.24, 2.45) is 5.14 Å². The van der Waals surface area contributed by atoms with E-state index in [9.17, 15) is 21.2 Å². The van der Waals surface area contributed by atoms with Gasteiger partial charge in [0.25, 0.3) is 0 Å². The Morgan fingerprint density at radius 2 is 1.95 bits per heavy atom. The number of nitrogens with two attached hydrogens (primary N) is 1. The Bertz CT molecular complexity index is 767. The lowest BCUT2D eigenvalue weighted by Crippen LogP contribution is -2.32. The van der Waals surface area contributed by atoms with E-state index in [0.717, 1.165) is 16.4 Å². The largest absolute Gasteiger partial charge is 0.246 e. The van der Waals surface area contributed by atoms with Crippen LogP contribution in [0.2, 0.25) is 0 Å². The van der Waals surface area contributed by atoms with Gasteiger partial charge < -0.3 is 0 Å². The third-order valence-corrected chi connectivity index (χ3v) is 5.38. The van der Waals surface area contributed by atoms with E-state index < -0.39 is 35.7 Å². The first-order valence-corrected chi connectivity index (χ1v) is 8.89. The highest BCUT2D eigenvalue weighted by Crippen LogP contribution is 2.22. The van der Waals surface area contributed by atoms with E-state index in [4.69, 9.17) is 11.6 Å². The molecule has 9 heteroatoms. The van der Waals surface area contributed by atoms with Crippen LogP contribution < -0.4 is 5.14 Å². The van der Waals surface area contributed by atoms with Crippen molar-refractivity contribution in [2.75, 3.05) is 13.1 Å². The number of primary sulfonamides is 1. The van der Waals surface area contributed by atoms with Gasteiger partial charge >= 0.3 is 0 Å². The third-order valence-electron chi connectivity index (χ3n) is 2.59. The molecule has 0 fully saturated rings. The van der Waals surface area contributed by atoms with Crippen molar-refractivity contribution in [3.63, 3.8) is 0 Å². The van der Waals surface area contributed by atoms with Crippen LogP contribution in [0.3, 0.4) is 0 Å². The standard InChI is InChI=1S/C12H15FN2O4S2/c1-3-7-15(8-4-2)21(18,19)12-6-5-10(9-11(12)13)20(14,16)17/h1,5-6,9H,4,7-8H2,2H3,(H2,14,16,17). The molecule has 0 aromatic heterocycles. The van der Waals surface area contributed by atoms with Crippen molar-refractivity contribution in [3.05, 3.63) is 24.0 Å². The Kier molecular flexibility index (Phi) is 5.47. The molecule has 1 aromatic carbocycles. The van der Waals surface area contributed by atoms with Gasteiger partial charge in [-0.3, -0.25) is 0 Å². The Morgan fingerprint density at radius 3 is 2.38 bits per heavy atom. The van der Waals surface area contributed by atoms with E-state index in [1.807, 2.05) is 0 Å². The highest BCUT2D eigenvalue weighted by Gasteiger charge is 2.27. The quantitative estimate of drug-likeness (QED) is 0.766. The van der Waals surface area contributed by atoms with Crippen molar-refractivity contribution in [1.82, 2.24) is 4.31 Å². The van der Waals surface area contributed by atoms with Crippen LogP contribution in [0.1, 0.15) is 13.3 Å². The summed E-state index contributed by atoms with van der Waals surface area (Å²) in [4.78, 5) is -1.14. The molecule has 0 amide bonds. The molecule has 0 bridgehead atoms. The number of terminal acetylenes is 1. The van der Waals surface area contributed by atoms with Gasteiger partial charge in [0.1, 0.15) is 10.7 Å². The minimum atomic E-state index is -4.14. The van der Waals surface area contributed by atoms with Crippen molar-refractivity contribution >= 4 is 20.0 Å². The van der Waals surface area contributed by atoms with E-state index in [-0.39, 0.29) is 13.1 Å². The minimum Gasteiger partial charge on any atom is -0.225 e. The first-order valence-electron chi connectivity index (χ1n) is 5.90. The van der Waals surface area contributed by atoms with Gasteiger partial charge in [0.05, 0.1) is 11.4 Å². The molecular weight excluding hydrogens is 319 g/mol. The van der Waals surface area contributed by atoms with E-state index in [0.29, 0.717) is 12.5 Å². The van der Waals surface area contributed by atoms with Gasteiger partial charge in [-0.15, -0.1) is 6.42 Å². The van der Waals surface area contributed by atoms with Crippen LogP contribution in [0.15, 0.2) is 28.0 Å². The zero-order valence-corrected chi connectivity index (χ0v) is 12.9. The number of halogens is 1. The molecule has 6 nitrogen and oxygen atoms in total. The molecule has 0 atom stereocenters. The molecule has 0 aliphatic carbocycles. The maximum atomic E-state index is 13.9. The highest BCUT2D eigenvalue weighted by atomic mass is 32.2. The molecule has 0 unspecified atom stereocenters. The third kappa shape index (κ3) is 4.01. The van der Waals surface area contributed by atoms with Gasteiger partial charge in [0.2, 0.25) is 20.0 Å². The Labute approximate surface area is 123 Å². The van der Waals surface area contributed by atoms with Crippen LogP contribution >= 0.6 is 0 Å². The summed E-state index contributed by atoms with van der Waals surface area (Å²) < 4.78 is 61.7. The molecule has 0 saturated heterocycles. The molecule has 2 N–H and O–H groups in total. The van der Waals surface area contributed by atoms with Gasteiger partial charge in [-0.05, 0) is 24.6 Å². The lowest BCUT2D eigenvalue weighted by atomic mass is 10.3. The number of hydrogen-bond acceptors (Lipinski definition) is 4. The molecule has 116 valence electrons. The van der Waals surface area contributed by atoms with Crippen molar-refractivity contribution < 1.29 is 21.2 Å². The SMILES string of the molecule is C#CCN(CCC)S(=O)(=O)c1ccc(S(N)(=O)=O)cc1F. The summed E-state index contributed by atoms with van der Waals surface area (Å²) in [7, 11) is -8.25. The minimum absolute atomic E-state index is 0.128. The number of benzene rings is 1. The molecule has 21 heavy (non-hydrogen) atoms. The van der Waals surface area contributed by atoms with Crippen molar-refractivity contribution in [2.45, 2.75) is 23.1 Å². The fourth-order valence-corrected chi connectivity index (χ4v) is 3.66. The number of sulfonamides is 2. The van der Waals surface area contributed by atoms with Crippen LogP contribution in [-0.4, -0.2) is 34.2 Å². The van der Waals surface area contributed by atoms with Gasteiger partial charge in [-0.2, -0.15) is 4.31 Å². The lowest BCUT2D eigenvalue weighted by molar-refractivity contribution is 0.440.